The van der Waals surface area contributed by atoms with E-state index < -0.39 is 0 Å². The Bertz CT molecular complexity index is 976. The number of nitro groups is 1. The molecule has 8 nitrogen and oxygen atoms in total. The number of nitrogens with zero attached hydrogens (tertiary/aromatic N) is 3. The highest BCUT2D eigenvalue weighted by Gasteiger charge is 2.21. The maximum atomic E-state index is 11.1. The molecule has 2 N–H and O–H groups in total. The van der Waals surface area contributed by atoms with Gasteiger partial charge in [-0.2, -0.15) is 0 Å². The van der Waals surface area contributed by atoms with Gasteiger partial charge in [0, 0.05) is 19.2 Å². The molecule has 2 aromatic carbocycles. The first kappa shape index (κ1) is 31.2. The number of likely N-dealkylation sites (N-methyl/N-ethyl adjacent to an activating group) is 2. The molecule has 2 aromatic rings. The van der Waals surface area contributed by atoms with E-state index in [1.807, 2.05) is 72.1 Å². The lowest BCUT2D eigenvalue weighted by atomic mass is 9.87. The van der Waals surface area contributed by atoms with Gasteiger partial charge in [-0.1, -0.05) is 53.7 Å². The van der Waals surface area contributed by atoms with Crippen LogP contribution in [-0.4, -0.2) is 69.2 Å². The number of hydrogen-bond acceptors (Lipinski definition) is 7. The third-order valence-electron chi connectivity index (χ3n) is 5.49. The van der Waals surface area contributed by atoms with Gasteiger partial charge >= 0.3 is 5.69 Å². The zero-order valence-corrected chi connectivity index (χ0v) is 23.8. The Morgan fingerprint density at radius 2 is 1.19 bits per heavy atom. The van der Waals surface area contributed by atoms with Crippen molar-refractivity contribution in [1.29, 1.82) is 0 Å². The highest BCUT2D eigenvalue weighted by atomic mass is 16.6. The molecule has 0 saturated carbocycles. The monoisotopic (exact) mass is 502 g/mol. The standard InChI is InChI=1S/C14H22N2O3.C14H24N2O/c1-14(2,3)11-6-7-13(12(10-11)16(17)18)19-9-8-15(4)5;1-14(2,3)11-6-7-13(12(15)10-11)17-9-8-16(4)5/h6-7,10H,8-9H2,1-5H3;6-7,10H,8-9,15H2,1-5H3. The minimum atomic E-state index is -0.389. The first-order chi connectivity index (χ1) is 16.5. The van der Waals surface area contributed by atoms with E-state index in [1.54, 1.807) is 12.1 Å². The number of nitrogen functional groups attached to an aromatic ring is 1. The number of nitrogens with two attached hydrogens (primary N) is 1. The van der Waals surface area contributed by atoms with Gasteiger partial charge in [-0.25, -0.2) is 0 Å². The van der Waals surface area contributed by atoms with E-state index in [1.165, 1.54) is 5.56 Å². The van der Waals surface area contributed by atoms with E-state index >= 15 is 0 Å². The normalized spacial score (nSPS) is 11.8. The summed E-state index contributed by atoms with van der Waals surface area (Å²) in [5.74, 6) is 1.11. The summed E-state index contributed by atoms with van der Waals surface area (Å²) < 4.78 is 11.1. The predicted molar refractivity (Wildman–Crippen MR) is 149 cm³/mol. The van der Waals surface area contributed by atoms with Crippen molar-refractivity contribution in [3.05, 3.63) is 57.6 Å². The fourth-order valence-electron chi connectivity index (χ4n) is 3.07. The summed E-state index contributed by atoms with van der Waals surface area (Å²) in [6.45, 7) is 15.3. The molecule has 2 rings (SSSR count). The van der Waals surface area contributed by atoms with Crippen molar-refractivity contribution in [2.75, 3.05) is 60.2 Å². The molecule has 0 fully saturated rings. The summed E-state index contributed by atoms with van der Waals surface area (Å²) in [5.41, 5.74) is 8.91. The van der Waals surface area contributed by atoms with Crippen LogP contribution < -0.4 is 15.2 Å². The minimum Gasteiger partial charge on any atom is -0.490 e. The number of benzene rings is 2. The zero-order valence-electron chi connectivity index (χ0n) is 23.8. The Labute approximate surface area is 217 Å². The van der Waals surface area contributed by atoms with Crippen LogP contribution in [0.1, 0.15) is 52.7 Å². The maximum absolute atomic E-state index is 11.1. The Morgan fingerprint density at radius 3 is 1.58 bits per heavy atom. The smallest absolute Gasteiger partial charge is 0.311 e. The van der Waals surface area contributed by atoms with Gasteiger partial charge in [-0.05, 0) is 68.3 Å². The fraction of sp³-hybridized carbons (Fsp3) is 0.571. The summed E-state index contributed by atoms with van der Waals surface area (Å²) in [6, 6.07) is 11.2. The van der Waals surface area contributed by atoms with E-state index in [9.17, 15) is 10.1 Å². The average molecular weight is 503 g/mol. The molecular formula is C28H46N4O4. The first-order valence-electron chi connectivity index (χ1n) is 12.3. The van der Waals surface area contributed by atoms with Crippen LogP contribution in [0.15, 0.2) is 36.4 Å². The fourth-order valence-corrected chi connectivity index (χ4v) is 3.07. The Morgan fingerprint density at radius 1 is 0.778 bits per heavy atom. The zero-order chi connectivity index (χ0) is 27.7. The molecule has 0 aliphatic carbocycles. The molecule has 0 atom stereocenters. The van der Waals surface area contributed by atoms with Crippen LogP contribution in [0.25, 0.3) is 0 Å². The quantitative estimate of drug-likeness (QED) is 0.281. The molecule has 0 aliphatic heterocycles. The van der Waals surface area contributed by atoms with Gasteiger partial charge in [0.1, 0.15) is 19.0 Å². The molecule has 8 heteroatoms. The van der Waals surface area contributed by atoms with E-state index in [2.05, 4.69) is 31.7 Å². The number of ether oxygens (including phenoxy) is 2. The lowest BCUT2D eigenvalue weighted by Crippen LogP contribution is -2.20. The van der Waals surface area contributed by atoms with Crippen molar-refractivity contribution in [3.63, 3.8) is 0 Å². The molecule has 202 valence electrons. The van der Waals surface area contributed by atoms with Gasteiger partial charge in [-0.3, -0.25) is 10.1 Å². The summed E-state index contributed by atoms with van der Waals surface area (Å²) >= 11 is 0. The van der Waals surface area contributed by atoms with Crippen molar-refractivity contribution in [2.45, 2.75) is 52.4 Å². The lowest BCUT2D eigenvalue weighted by molar-refractivity contribution is -0.386. The first-order valence-corrected chi connectivity index (χ1v) is 12.3. The van der Waals surface area contributed by atoms with Crippen LogP contribution in [-0.2, 0) is 10.8 Å². The van der Waals surface area contributed by atoms with Gasteiger partial charge < -0.3 is 25.0 Å². The van der Waals surface area contributed by atoms with E-state index in [0.717, 1.165) is 30.1 Å². The second-order valence-corrected chi connectivity index (χ2v) is 11.5. The van der Waals surface area contributed by atoms with Crippen LogP contribution >= 0.6 is 0 Å². The third kappa shape index (κ3) is 10.8. The Balaban J connectivity index is 0.000000362. The van der Waals surface area contributed by atoms with Gasteiger partial charge in [-0.15, -0.1) is 0 Å². The van der Waals surface area contributed by atoms with Crippen molar-refractivity contribution < 1.29 is 14.4 Å². The van der Waals surface area contributed by atoms with E-state index in [-0.39, 0.29) is 21.4 Å². The molecule has 0 amide bonds. The molecule has 0 aliphatic rings. The number of rotatable bonds is 9. The number of hydrogen-bond donors (Lipinski definition) is 1. The minimum absolute atomic E-state index is 0.0335. The van der Waals surface area contributed by atoms with E-state index in [0.29, 0.717) is 19.0 Å². The molecule has 0 radical (unpaired) electrons. The molecule has 0 aromatic heterocycles. The Kier molecular flexibility index (Phi) is 11.7. The molecule has 0 spiro atoms. The molecule has 36 heavy (non-hydrogen) atoms. The molecular weight excluding hydrogens is 456 g/mol. The SMILES string of the molecule is CN(C)CCOc1ccc(C(C)(C)C)cc1N.CN(C)CCOc1ccc(C(C)(C)C)cc1[N+](=O)[O-]. The van der Waals surface area contributed by atoms with Gasteiger partial charge in [0.05, 0.1) is 10.6 Å². The third-order valence-corrected chi connectivity index (χ3v) is 5.49. The van der Waals surface area contributed by atoms with Crippen LogP contribution in [0.4, 0.5) is 11.4 Å². The second-order valence-electron chi connectivity index (χ2n) is 11.5. The predicted octanol–water partition coefficient (Wildman–Crippen LogP) is 5.34. The maximum Gasteiger partial charge on any atom is 0.311 e. The van der Waals surface area contributed by atoms with Crippen LogP contribution in [0.2, 0.25) is 0 Å². The highest BCUT2D eigenvalue weighted by molar-refractivity contribution is 5.55. The van der Waals surface area contributed by atoms with Crippen LogP contribution in [0.3, 0.4) is 0 Å². The lowest BCUT2D eigenvalue weighted by Gasteiger charge is -2.20. The number of anilines is 1. The largest absolute Gasteiger partial charge is 0.490 e. The summed E-state index contributed by atoms with van der Waals surface area (Å²) in [4.78, 5) is 14.8. The highest BCUT2D eigenvalue weighted by Crippen LogP contribution is 2.33. The van der Waals surface area contributed by atoms with Crippen molar-refractivity contribution in [2.24, 2.45) is 0 Å². The topological polar surface area (TPSA) is 94.1 Å². The number of nitro benzene ring substituents is 1. The van der Waals surface area contributed by atoms with Crippen molar-refractivity contribution >= 4 is 11.4 Å². The summed E-state index contributed by atoms with van der Waals surface area (Å²) in [6.07, 6.45) is 0. The molecule has 0 saturated heterocycles. The van der Waals surface area contributed by atoms with Crippen LogP contribution in [0.5, 0.6) is 11.5 Å². The molecule has 0 unspecified atom stereocenters. The van der Waals surface area contributed by atoms with Gasteiger partial charge in [0.2, 0.25) is 0 Å². The second kappa shape index (κ2) is 13.5. The summed E-state index contributed by atoms with van der Waals surface area (Å²) in [7, 11) is 7.91. The molecule has 0 heterocycles. The van der Waals surface area contributed by atoms with Gasteiger partial charge in [0.15, 0.2) is 5.75 Å². The van der Waals surface area contributed by atoms with Crippen LogP contribution in [0, 0.1) is 10.1 Å². The average Bonchev–Trinajstić information content (AvgIpc) is 2.73. The van der Waals surface area contributed by atoms with Crippen molar-refractivity contribution in [1.82, 2.24) is 9.80 Å². The van der Waals surface area contributed by atoms with Crippen molar-refractivity contribution in [3.8, 4) is 11.5 Å². The van der Waals surface area contributed by atoms with Gasteiger partial charge in [0.25, 0.3) is 0 Å². The Hall–Kier alpha value is -2.84. The summed E-state index contributed by atoms with van der Waals surface area (Å²) in [5, 5.41) is 11.1. The molecule has 0 bridgehead atoms. The van der Waals surface area contributed by atoms with E-state index in [4.69, 9.17) is 15.2 Å².